The van der Waals surface area contributed by atoms with E-state index in [0.29, 0.717) is 22.9 Å². The number of aromatic amines is 1. The molecule has 11 heteroatoms. The molecule has 0 saturated heterocycles. The highest BCUT2D eigenvalue weighted by Gasteiger charge is 2.32. The number of imidazole rings is 1. The molecule has 1 aliphatic heterocycles. The number of H-pyrrole nitrogens is 1. The van der Waals surface area contributed by atoms with Crippen LogP contribution in [0.5, 0.6) is 5.75 Å². The van der Waals surface area contributed by atoms with Crippen molar-refractivity contribution >= 4 is 34.7 Å². The molecule has 0 spiro atoms. The van der Waals surface area contributed by atoms with Gasteiger partial charge >= 0.3 is 6.36 Å². The van der Waals surface area contributed by atoms with Crippen LogP contribution in [0.3, 0.4) is 0 Å². The minimum Gasteiger partial charge on any atom is -0.406 e. The van der Waals surface area contributed by atoms with Crippen molar-refractivity contribution in [3.05, 3.63) is 59.0 Å². The van der Waals surface area contributed by atoms with Crippen molar-refractivity contribution in [2.75, 3.05) is 5.32 Å². The van der Waals surface area contributed by atoms with Crippen LogP contribution in [-0.2, 0) is 0 Å². The number of hydrogen-bond donors (Lipinski definition) is 2. The minimum absolute atomic E-state index is 0.0462. The topological polar surface area (TPSA) is 75.7 Å². The van der Waals surface area contributed by atoms with Gasteiger partial charge in [0.2, 0.25) is 0 Å². The van der Waals surface area contributed by atoms with Crippen molar-refractivity contribution in [1.29, 1.82) is 0 Å². The second-order valence-electron chi connectivity index (χ2n) is 6.56. The predicted molar refractivity (Wildman–Crippen MR) is 110 cm³/mol. The highest BCUT2D eigenvalue weighted by molar-refractivity contribution is 6.39. The molecule has 0 bridgehead atoms. The number of pyridine rings is 2. The summed E-state index contributed by atoms with van der Waals surface area (Å²) in [6.45, 7) is 0. The standard InChI is InChI=1S/C20H10Cl2F3N5O/c21-12-6-9(31-20(23,24)25)7-13(22)15(12)19-29-16-10-3-5-26-8-14(10)28-18-11(17(16)30-19)2-1-4-27-18/h1-8H,(H,27,28)(H,29,30). The number of ether oxygens (including phenoxy) is 1. The van der Waals surface area contributed by atoms with Crippen molar-refractivity contribution in [3.63, 3.8) is 0 Å². The molecule has 1 aliphatic rings. The van der Waals surface area contributed by atoms with Gasteiger partial charge in [0.05, 0.1) is 33.2 Å². The molecule has 6 nitrogen and oxygen atoms in total. The van der Waals surface area contributed by atoms with Crippen molar-refractivity contribution < 1.29 is 17.9 Å². The molecule has 2 N–H and O–H groups in total. The summed E-state index contributed by atoms with van der Waals surface area (Å²) in [6, 6.07) is 7.51. The van der Waals surface area contributed by atoms with E-state index >= 15 is 0 Å². The molecule has 0 saturated carbocycles. The Morgan fingerprint density at radius 3 is 2.52 bits per heavy atom. The zero-order valence-electron chi connectivity index (χ0n) is 15.3. The summed E-state index contributed by atoms with van der Waals surface area (Å²) < 4.78 is 41.6. The number of alkyl halides is 3. The first-order chi connectivity index (χ1) is 14.8. The number of anilines is 2. The van der Waals surface area contributed by atoms with E-state index in [1.165, 1.54) is 0 Å². The van der Waals surface area contributed by atoms with E-state index in [9.17, 15) is 13.2 Å². The van der Waals surface area contributed by atoms with E-state index in [2.05, 4.69) is 30.0 Å². The maximum atomic E-state index is 12.6. The molecule has 0 fully saturated rings. The minimum atomic E-state index is -4.86. The van der Waals surface area contributed by atoms with E-state index < -0.39 is 12.1 Å². The number of rotatable bonds is 2. The van der Waals surface area contributed by atoms with Gasteiger partial charge in [-0.05, 0) is 30.3 Å². The first-order valence-corrected chi connectivity index (χ1v) is 9.58. The van der Waals surface area contributed by atoms with E-state index in [1.54, 1.807) is 30.7 Å². The fourth-order valence-corrected chi connectivity index (χ4v) is 4.03. The van der Waals surface area contributed by atoms with Crippen molar-refractivity contribution in [1.82, 2.24) is 19.9 Å². The third-order valence-corrected chi connectivity index (χ3v) is 5.19. The van der Waals surface area contributed by atoms with Gasteiger partial charge in [-0.2, -0.15) is 0 Å². The highest BCUT2D eigenvalue weighted by atomic mass is 35.5. The molecule has 0 aliphatic carbocycles. The van der Waals surface area contributed by atoms with E-state index in [1.807, 2.05) is 6.07 Å². The average Bonchev–Trinajstić information content (AvgIpc) is 3.06. The highest BCUT2D eigenvalue weighted by Crippen LogP contribution is 2.45. The number of fused-ring (bicyclic) bond motifs is 5. The summed E-state index contributed by atoms with van der Waals surface area (Å²) in [5.74, 6) is 0.354. The maximum Gasteiger partial charge on any atom is 0.573 e. The lowest BCUT2D eigenvalue weighted by Gasteiger charge is -2.12. The number of aromatic nitrogens is 4. The Morgan fingerprint density at radius 2 is 1.77 bits per heavy atom. The molecule has 5 rings (SSSR count). The first kappa shape index (κ1) is 19.7. The summed E-state index contributed by atoms with van der Waals surface area (Å²) in [5, 5.41) is 3.15. The lowest BCUT2D eigenvalue weighted by molar-refractivity contribution is -0.274. The number of benzene rings is 1. The second kappa shape index (κ2) is 7.14. The second-order valence-corrected chi connectivity index (χ2v) is 7.38. The summed E-state index contributed by atoms with van der Waals surface area (Å²) in [4.78, 5) is 16.4. The van der Waals surface area contributed by atoms with E-state index in [4.69, 9.17) is 23.2 Å². The Hall–Kier alpha value is -3.30. The number of nitrogens with zero attached hydrogens (tertiary/aromatic N) is 3. The van der Waals surface area contributed by atoms with Gasteiger partial charge in [-0.1, -0.05) is 23.2 Å². The summed E-state index contributed by atoms with van der Waals surface area (Å²) in [7, 11) is 0. The smallest absolute Gasteiger partial charge is 0.406 e. The molecule has 4 heterocycles. The van der Waals surface area contributed by atoms with Crippen LogP contribution in [-0.4, -0.2) is 26.3 Å². The summed E-state index contributed by atoms with van der Waals surface area (Å²) >= 11 is 12.5. The Balaban J connectivity index is 1.69. The quantitative estimate of drug-likeness (QED) is 0.314. The number of halogens is 5. The van der Waals surface area contributed by atoms with Crippen LogP contribution in [0.15, 0.2) is 48.9 Å². The molecule has 3 aromatic heterocycles. The van der Waals surface area contributed by atoms with Crippen LogP contribution >= 0.6 is 23.2 Å². The Labute approximate surface area is 183 Å². The van der Waals surface area contributed by atoms with Gasteiger partial charge in [0.25, 0.3) is 0 Å². The molecule has 4 aromatic rings. The summed E-state index contributed by atoms with van der Waals surface area (Å²) in [6.07, 6.45) is 0.0787. The van der Waals surface area contributed by atoms with Crippen molar-refractivity contribution in [2.24, 2.45) is 0 Å². The van der Waals surface area contributed by atoms with Crippen LogP contribution in [0, 0.1) is 0 Å². The van der Waals surface area contributed by atoms with Gasteiger partial charge in [-0.25, -0.2) is 9.97 Å². The Morgan fingerprint density at radius 1 is 1.00 bits per heavy atom. The monoisotopic (exact) mass is 463 g/mol. The van der Waals surface area contributed by atoms with Gasteiger partial charge in [0, 0.05) is 23.5 Å². The van der Waals surface area contributed by atoms with Crippen LogP contribution in [0.1, 0.15) is 0 Å². The zero-order chi connectivity index (χ0) is 21.8. The first-order valence-electron chi connectivity index (χ1n) is 8.82. The number of nitrogens with one attached hydrogen (secondary N) is 2. The average molecular weight is 464 g/mol. The summed E-state index contributed by atoms with van der Waals surface area (Å²) in [5.41, 5.74) is 3.71. The molecule has 1 aromatic carbocycles. The Kier molecular flexibility index (Phi) is 4.53. The largest absolute Gasteiger partial charge is 0.573 e. The van der Waals surface area contributed by atoms with Crippen LogP contribution in [0.2, 0.25) is 10.0 Å². The van der Waals surface area contributed by atoms with Gasteiger partial charge < -0.3 is 15.0 Å². The molecular weight excluding hydrogens is 454 g/mol. The van der Waals surface area contributed by atoms with Gasteiger partial charge in [-0.15, -0.1) is 13.2 Å². The lowest BCUT2D eigenvalue weighted by Crippen LogP contribution is -2.17. The fraction of sp³-hybridized carbons (Fsp3) is 0.0500. The number of hydrogen-bond acceptors (Lipinski definition) is 5. The third-order valence-electron chi connectivity index (χ3n) is 4.60. The van der Waals surface area contributed by atoms with Gasteiger partial charge in [-0.3, -0.25) is 4.98 Å². The van der Waals surface area contributed by atoms with Crippen LogP contribution in [0.25, 0.3) is 33.9 Å². The molecule has 0 amide bonds. The lowest BCUT2D eigenvalue weighted by atomic mass is 10.1. The van der Waals surface area contributed by atoms with Crippen molar-refractivity contribution in [3.8, 4) is 39.7 Å². The molecule has 156 valence electrons. The normalized spacial score (nSPS) is 12.3. The van der Waals surface area contributed by atoms with Crippen LogP contribution < -0.4 is 10.1 Å². The molecule has 0 atom stereocenters. The van der Waals surface area contributed by atoms with Crippen molar-refractivity contribution in [2.45, 2.75) is 6.36 Å². The van der Waals surface area contributed by atoms with Gasteiger partial charge in [0.1, 0.15) is 23.1 Å². The molecule has 0 unspecified atom stereocenters. The molecule has 0 radical (unpaired) electrons. The molecular formula is C20H10Cl2F3N5O. The Bertz CT molecular complexity index is 1240. The molecule has 31 heavy (non-hydrogen) atoms. The van der Waals surface area contributed by atoms with Gasteiger partial charge in [0.15, 0.2) is 0 Å². The zero-order valence-corrected chi connectivity index (χ0v) is 16.8. The van der Waals surface area contributed by atoms with E-state index in [-0.39, 0.29) is 21.4 Å². The fourth-order valence-electron chi connectivity index (χ4n) is 3.39. The SMILES string of the molecule is FC(F)(F)Oc1cc(Cl)c(-c2nc3c([nH]2)-c2ccncc2Nc2ncccc2-3)c(Cl)c1. The predicted octanol–water partition coefficient (Wildman–Crippen LogP) is 6.46. The maximum absolute atomic E-state index is 12.6. The third kappa shape index (κ3) is 3.55. The van der Waals surface area contributed by atoms with Crippen LogP contribution in [0.4, 0.5) is 24.7 Å². The van der Waals surface area contributed by atoms with E-state index in [0.717, 1.165) is 23.3 Å².